The standard InChI is InChI=1S/C11H8ClNO4/c12-9-4-1-5-10(11(9)13(14)15)17-7-8-3-2-6-16-8/h1-6H,7H2. The number of hydrogen-bond acceptors (Lipinski definition) is 4. The molecule has 1 aromatic carbocycles. The van der Waals surface area contributed by atoms with Gasteiger partial charge < -0.3 is 9.15 Å². The van der Waals surface area contributed by atoms with Crippen LogP contribution < -0.4 is 4.74 Å². The van der Waals surface area contributed by atoms with Crippen LogP contribution in [0, 0.1) is 10.1 Å². The number of nitro groups is 1. The summed E-state index contributed by atoms with van der Waals surface area (Å²) in [5, 5.41) is 10.9. The Morgan fingerprint density at radius 2 is 2.18 bits per heavy atom. The zero-order valence-corrected chi connectivity index (χ0v) is 9.39. The first-order valence-corrected chi connectivity index (χ1v) is 5.14. The maximum absolute atomic E-state index is 10.8. The summed E-state index contributed by atoms with van der Waals surface area (Å²) < 4.78 is 10.4. The van der Waals surface area contributed by atoms with Gasteiger partial charge in [0.25, 0.3) is 0 Å². The highest BCUT2D eigenvalue weighted by atomic mass is 35.5. The number of furan rings is 1. The molecule has 1 heterocycles. The Bertz CT molecular complexity index is 524. The van der Waals surface area contributed by atoms with Crippen LogP contribution in [0.2, 0.25) is 5.02 Å². The number of rotatable bonds is 4. The van der Waals surface area contributed by atoms with Gasteiger partial charge in [-0.3, -0.25) is 10.1 Å². The molecule has 0 saturated heterocycles. The number of para-hydroxylation sites is 1. The highest BCUT2D eigenvalue weighted by molar-refractivity contribution is 6.32. The molecule has 0 spiro atoms. The van der Waals surface area contributed by atoms with Crippen molar-refractivity contribution in [2.24, 2.45) is 0 Å². The first-order valence-electron chi connectivity index (χ1n) is 4.76. The highest BCUT2D eigenvalue weighted by Gasteiger charge is 2.19. The van der Waals surface area contributed by atoms with Crippen molar-refractivity contribution < 1.29 is 14.1 Å². The number of benzene rings is 1. The number of nitrogens with zero attached hydrogens (tertiary/aromatic N) is 1. The van der Waals surface area contributed by atoms with Crippen molar-refractivity contribution in [1.82, 2.24) is 0 Å². The molecule has 0 aliphatic rings. The fourth-order valence-electron chi connectivity index (χ4n) is 1.33. The lowest BCUT2D eigenvalue weighted by molar-refractivity contribution is -0.385. The lowest BCUT2D eigenvalue weighted by atomic mass is 10.3. The maximum Gasteiger partial charge on any atom is 0.329 e. The monoisotopic (exact) mass is 253 g/mol. The van der Waals surface area contributed by atoms with E-state index in [0.29, 0.717) is 5.76 Å². The fraction of sp³-hybridized carbons (Fsp3) is 0.0909. The summed E-state index contributed by atoms with van der Waals surface area (Å²) in [5.41, 5.74) is -0.235. The van der Waals surface area contributed by atoms with Crippen molar-refractivity contribution in [1.29, 1.82) is 0 Å². The zero-order valence-electron chi connectivity index (χ0n) is 8.63. The van der Waals surface area contributed by atoms with Gasteiger partial charge in [-0.1, -0.05) is 17.7 Å². The Morgan fingerprint density at radius 3 is 2.82 bits per heavy atom. The molecule has 0 N–H and O–H groups in total. The van der Waals surface area contributed by atoms with Gasteiger partial charge in [0, 0.05) is 0 Å². The molecule has 0 saturated carbocycles. The SMILES string of the molecule is O=[N+]([O-])c1c(Cl)cccc1OCc1ccco1. The lowest BCUT2D eigenvalue weighted by Crippen LogP contribution is -1.98. The molecular weight excluding hydrogens is 246 g/mol. The van der Waals surface area contributed by atoms with Crippen LogP contribution >= 0.6 is 11.6 Å². The van der Waals surface area contributed by atoms with Gasteiger partial charge in [-0.2, -0.15) is 0 Å². The largest absolute Gasteiger partial charge is 0.479 e. The van der Waals surface area contributed by atoms with Crippen molar-refractivity contribution in [3.05, 3.63) is 57.5 Å². The minimum atomic E-state index is -0.570. The van der Waals surface area contributed by atoms with Crippen LogP contribution in [0.5, 0.6) is 5.75 Å². The van der Waals surface area contributed by atoms with E-state index in [9.17, 15) is 10.1 Å². The van der Waals surface area contributed by atoms with Gasteiger partial charge in [0.15, 0.2) is 5.75 Å². The van der Waals surface area contributed by atoms with E-state index in [1.807, 2.05) is 0 Å². The van der Waals surface area contributed by atoms with Crippen LogP contribution in [0.25, 0.3) is 0 Å². The third kappa shape index (κ3) is 2.57. The van der Waals surface area contributed by atoms with Crippen molar-refractivity contribution in [2.45, 2.75) is 6.61 Å². The van der Waals surface area contributed by atoms with Gasteiger partial charge in [0.2, 0.25) is 0 Å². The maximum atomic E-state index is 10.8. The Morgan fingerprint density at radius 1 is 1.35 bits per heavy atom. The van der Waals surface area contributed by atoms with Crippen molar-refractivity contribution >= 4 is 17.3 Å². The zero-order chi connectivity index (χ0) is 12.3. The summed E-state index contributed by atoms with van der Waals surface area (Å²) in [7, 11) is 0. The first-order chi connectivity index (χ1) is 8.18. The summed E-state index contributed by atoms with van der Waals surface area (Å²) in [6.07, 6.45) is 1.51. The molecule has 0 radical (unpaired) electrons. The molecule has 0 amide bonds. The van der Waals surface area contributed by atoms with E-state index in [4.69, 9.17) is 20.8 Å². The molecule has 0 unspecified atom stereocenters. The Labute approximate surface area is 102 Å². The lowest BCUT2D eigenvalue weighted by Gasteiger charge is -2.05. The molecule has 0 aliphatic carbocycles. The summed E-state index contributed by atoms with van der Waals surface area (Å²) in [5.74, 6) is 0.707. The molecule has 1 aromatic heterocycles. The van der Waals surface area contributed by atoms with Crippen LogP contribution in [0.4, 0.5) is 5.69 Å². The van der Waals surface area contributed by atoms with E-state index in [1.165, 1.54) is 18.4 Å². The summed E-state index contributed by atoms with van der Waals surface area (Å²) in [6, 6.07) is 7.96. The van der Waals surface area contributed by atoms with Crippen LogP contribution in [-0.4, -0.2) is 4.92 Å². The number of nitro benzene ring substituents is 1. The molecule has 0 atom stereocenters. The quantitative estimate of drug-likeness (QED) is 0.618. The van der Waals surface area contributed by atoms with E-state index < -0.39 is 4.92 Å². The van der Waals surface area contributed by atoms with Gasteiger partial charge in [0.05, 0.1) is 11.2 Å². The van der Waals surface area contributed by atoms with Crippen LogP contribution in [-0.2, 0) is 6.61 Å². The van der Waals surface area contributed by atoms with E-state index in [2.05, 4.69) is 0 Å². The average molecular weight is 254 g/mol. The van der Waals surface area contributed by atoms with Crippen LogP contribution in [0.3, 0.4) is 0 Å². The van der Waals surface area contributed by atoms with Gasteiger partial charge in [-0.15, -0.1) is 0 Å². The first kappa shape index (κ1) is 11.5. The van der Waals surface area contributed by atoms with Crippen LogP contribution in [0.15, 0.2) is 41.0 Å². The summed E-state index contributed by atoms with van der Waals surface area (Å²) in [4.78, 5) is 10.3. The van der Waals surface area contributed by atoms with Crippen molar-refractivity contribution in [3.63, 3.8) is 0 Å². The van der Waals surface area contributed by atoms with Gasteiger partial charge >= 0.3 is 5.69 Å². The number of ether oxygens (including phenoxy) is 1. The van der Waals surface area contributed by atoms with E-state index >= 15 is 0 Å². The minimum Gasteiger partial charge on any atom is -0.479 e. The van der Waals surface area contributed by atoms with E-state index in [0.717, 1.165) is 0 Å². The van der Waals surface area contributed by atoms with Gasteiger partial charge in [0.1, 0.15) is 17.4 Å². The molecule has 6 heteroatoms. The van der Waals surface area contributed by atoms with E-state index in [-0.39, 0.29) is 23.1 Å². The summed E-state index contributed by atoms with van der Waals surface area (Å²) >= 11 is 5.74. The van der Waals surface area contributed by atoms with Crippen molar-refractivity contribution in [2.75, 3.05) is 0 Å². The third-order valence-electron chi connectivity index (χ3n) is 2.08. The predicted octanol–water partition coefficient (Wildman–Crippen LogP) is 3.42. The third-order valence-corrected chi connectivity index (χ3v) is 2.39. The molecule has 2 aromatic rings. The molecule has 0 bridgehead atoms. The summed E-state index contributed by atoms with van der Waals surface area (Å²) in [6.45, 7) is 0.119. The number of hydrogen-bond donors (Lipinski definition) is 0. The smallest absolute Gasteiger partial charge is 0.329 e. The topological polar surface area (TPSA) is 65.5 Å². The number of halogens is 1. The fourth-order valence-corrected chi connectivity index (χ4v) is 1.57. The normalized spacial score (nSPS) is 10.2. The van der Waals surface area contributed by atoms with Crippen LogP contribution in [0.1, 0.15) is 5.76 Å². The van der Waals surface area contributed by atoms with Crippen molar-refractivity contribution in [3.8, 4) is 5.75 Å². The Kier molecular flexibility index (Phi) is 3.30. The average Bonchev–Trinajstić information content (AvgIpc) is 2.78. The van der Waals surface area contributed by atoms with E-state index in [1.54, 1.807) is 18.2 Å². The Balaban J connectivity index is 2.21. The van der Waals surface area contributed by atoms with Gasteiger partial charge in [-0.25, -0.2) is 0 Å². The molecule has 5 nitrogen and oxygen atoms in total. The molecule has 0 aliphatic heterocycles. The highest BCUT2D eigenvalue weighted by Crippen LogP contribution is 2.34. The van der Waals surface area contributed by atoms with Gasteiger partial charge in [-0.05, 0) is 24.3 Å². The molecular formula is C11H8ClNO4. The molecule has 88 valence electrons. The second kappa shape index (κ2) is 4.88. The second-order valence-corrected chi connectivity index (χ2v) is 3.62. The second-order valence-electron chi connectivity index (χ2n) is 3.21. The minimum absolute atomic E-state index is 0.0481. The predicted molar refractivity (Wildman–Crippen MR) is 61.1 cm³/mol. The molecule has 0 fully saturated rings. The Hall–Kier alpha value is -2.01. The molecule has 17 heavy (non-hydrogen) atoms. The molecule has 2 rings (SSSR count).